The quantitative estimate of drug-likeness (QED) is 0.372. The fourth-order valence-corrected chi connectivity index (χ4v) is 1.84. The molecule has 0 aliphatic rings. The molecule has 0 saturated carbocycles. The van der Waals surface area contributed by atoms with Crippen LogP contribution in [0.1, 0.15) is 26.3 Å². The Balaban J connectivity index is 2.34. The lowest BCUT2D eigenvalue weighted by molar-refractivity contribution is -0.384. The number of carbonyl (C=O) groups is 2. The Morgan fingerprint density at radius 2 is 1.57 bits per heavy atom. The summed E-state index contributed by atoms with van der Waals surface area (Å²) < 4.78 is 9.67. The van der Waals surface area contributed by atoms with E-state index in [0.717, 1.165) is 24.8 Å². The van der Waals surface area contributed by atoms with Gasteiger partial charge in [0.2, 0.25) is 0 Å². The zero-order valence-electron chi connectivity index (χ0n) is 12.4. The molecule has 0 bridgehead atoms. The number of benzene rings is 2. The van der Waals surface area contributed by atoms with Crippen LogP contribution in [-0.2, 0) is 4.74 Å². The van der Waals surface area contributed by atoms with Gasteiger partial charge in [0.05, 0.1) is 23.2 Å². The van der Waals surface area contributed by atoms with Crippen molar-refractivity contribution in [2.24, 2.45) is 0 Å². The number of esters is 2. The van der Waals surface area contributed by atoms with E-state index < -0.39 is 22.5 Å². The molecule has 0 saturated heterocycles. The number of ether oxygens (including phenoxy) is 2. The summed E-state index contributed by atoms with van der Waals surface area (Å²) in [6.07, 6.45) is 0. The van der Waals surface area contributed by atoms with Crippen LogP contribution >= 0.6 is 0 Å². The highest BCUT2D eigenvalue weighted by Gasteiger charge is 2.19. The number of aryl methyl sites for hydroxylation is 1. The molecular weight excluding hydrogens is 302 g/mol. The maximum atomic E-state index is 12.1. The lowest BCUT2D eigenvalue weighted by Crippen LogP contribution is -2.11. The van der Waals surface area contributed by atoms with Gasteiger partial charge in [0.1, 0.15) is 5.75 Å². The van der Waals surface area contributed by atoms with Crippen molar-refractivity contribution in [3.05, 3.63) is 69.3 Å². The van der Waals surface area contributed by atoms with Gasteiger partial charge in [-0.1, -0.05) is 17.7 Å². The maximum Gasteiger partial charge on any atom is 0.343 e. The van der Waals surface area contributed by atoms with Crippen LogP contribution in [-0.4, -0.2) is 24.0 Å². The molecule has 0 aliphatic heterocycles. The van der Waals surface area contributed by atoms with Crippen molar-refractivity contribution in [1.29, 1.82) is 0 Å². The molecule has 0 spiro atoms. The molecule has 0 aliphatic carbocycles. The lowest BCUT2D eigenvalue weighted by atomic mass is 10.1. The Labute approximate surface area is 131 Å². The van der Waals surface area contributed by atoms with Crippen molar-refractivity contribution in [2.45, 2.75) is 6.92 Å². The van der Waals surface area contributed by atoms with Crippen molar-refractivity contribution in [2.75, 3.05) is 7.11 Å². The highest BCUT2D eigenvalue weighted by molar-refractivity contribution is 5.97. The first-order valence-electron chi connectivity index (χ1n) is 6.57. The van der Waals surface area contributed by atoms with Gasteiger partial charge in [0, 0.05) is 12.1 Å². The minimum absolute atomic E-state index is 0.0995. The Morgan fingerprint density at radius 1 is 1.00 bits per heavy atom. The number of hydrogen-bond donors (Lipinski definition) is 0. The summed E-state index contributed by atoms with van der Waals surface area (Å²) in [4.78, 5) is 33.9. The number of carbonyl (C=O) groups excluding carboxylic acids is 2. The smallest absolute Gasteiger partial charge is 0.343 e. The minimum atomic E-state index is -0.803. The van der Waals surface area contributed by atoms with Crippen LogP contribution in [0.2, 0.25) is 0 Å². The standard InChI is InChI=1S/C16H13NO6/c1-10-3-5-14(6-4-10)23-16(19)12-7-11(15(18)22-2)8-13(9-12)17(20)21/h3-9H,1-2H3. The van der Waals surface area contributed by atoms with Gasteiger partial charge in [0.15, 0.2) is 0 Å². The molecule has 0 amide bonds. The van der Waals surface area contributed by atoms with Crippen LogP contribution in [0.15, 0.2) is 42.5 Å². The highest BCUT2D eigenvalue weighted by Crippen LogP contribution is 2.20. The highest BCUT2D eigenvalue weighted by atomic mass is 16.6. The van der Waals surface area contributed by atoms with Gasteiger partial charge >= 0.3 is 11.9 Å². The maximum absolute atomic E-state index is 12.1. The summed E-state index contributed by atoms with van der Waals surface area (Å²) in [7, 11) is 1.14. The largest absolute Gasteiger partial charge is 0.465 e. The van der Waals surface area contributed by atoms with Crippen molar-refractivity contribution in [3.63, 3.8) is 0 Å². The van der Waals surface area contributed by atoms with Gasteiger partial charge in [-0.25, -0.2) is 9.59 Å². The SMILES string of the molecule is COC(=O)c1cc(C(=O)Oc2ccc(C)cc2)cc([N+](=O)[O-])c1. The number of rotatable bonds is 4. The molecular formula is C16H13NO6. The predicted molar refractivity (Wildman–Crippen MR) is 80.6 cm³/mol. The molecule has 118 valence electrons. The van der Waals surface area contributed by atoms with E-state index in [-0.39, 0.29) is 11.1 Å². The van der Waals surface area contributed by atoms with E-state index in [1.165, 1.54) is 6.07 Å². The molecule has 7 heteroatoms. The molecule has 0 fully saturated rings. The summed E-state index contributed by atoms with van der Waals surface area (Å²) >= 11 is 0. The third-order valence-corrected chi connectivity index (χ3v) is 3.02. The fraction of sp³-hybridized carbons (Fsp3) is 0.125. The number of nitrogens with zero attached hydrogens (tertiary/aromatic N) is 1. The third kappa shape index (κ3) is 3.91. The van der Waals surface area contributed by atoms with E-state index in [1.54, 1.807) is 24.3 Å². The van der Waals surface area contributed by atoms with E-state index in [1.807, 2.05) is 6.92 Å². The molecule has 2 aromatic rings. The van der Waals surface area contributed by atoms with E-state index in [0.29, 0.717) is 5.75 Å². The molecule has 2 aromatic carbocycles. The van der Waals surface area contributed by atoms with Gasteiger partial charge in [-0.3, -0.25) is 10.1 Å². The average molecular weight is 315 g/mol. The second kappa shape index (κ2) is 6.69. The van der Waals surface area contributed by atoms with Crippen molar-refractivity contribution in [1.82, 2.24) is 0 Å². The summed E-state index contributed by atoms with van der Waals surface area (Å²) in [5.74, 6) is -1.28. The fourth-order valence-electron chi connectivity index (χ4n) is 1.84. The molecule has 23 heavy (non-hydrogen) atoms. The van der Waals surface area contributed by atoms with Crippen molar-refractivity contribution in [3.8, 4) is 5.75 Å². The second-order valence-corrected chi connectivity index (χ2v) is 4.72. The molecule has 0 atom stereocenters. The lowest BCUT2D eigenvalue weighted by Gasteiger charge is -2.06. The number of hydrogen-bond acceptors (Lipinski definition) is 6. The third-order valence-electron chi connectivity index (χ3n) is 3.02. The number of methoxy groups -OCH3 is 1. The summed E-state index contributed by atoms with van der Waals surface area (Å²) in [6, 6.07) is 10.00. The van der Waals surface area contributed by atoms with Gasteiger partial charge < -0.3 is 9.47 Å². The molecule has 7 nitrogen and oxygen atoms in total. The summed E-state index contributed by atoms with van der Waals surface area (Å²) in [6.45, 7) is 1.88. The van der Waals surface area contributed by atoms with Crippen molar-refractivity contribution >= 4 is 17.6 Å². The Kier molecular flexibility index (Phi) is 4.70. The molecule has 0 unspecified atom stereocenters. The second-order valence-electron chi connectivity index (χ2n) is 4.72. The van der Waals surface area contributed by atoms with Gasteiger partial charge in [0.25, 0.3) is 5.69 Å². The minimum Gasteiger partial charge on any atom is -0.465 e. The zero-order chi connectivity index (χ0) is 17.0. The first-order valence-corrected chi connectivity index (χ1v) is 6.57. The van der Waals surface area contributed by atoms with Crippen LogP contribution in [0, 0.1) is 17.0 Å². The summed E-state index contributed by atoms with van der Waals surface area (Å²) in [5.41, 5.74) is 0.384. The topological polar surface area (TPSA) is 95.7 Å². The number of nitro groups is 1. The van der Waals surface area contributed by atoms with Gasteiger partial charge in [-0.15, -0.1) is 0 Å². The number of non-ortho nitro benzene ring substituents is 1. The molecule has 2 rings (SSSR count). The first kappa shape index (κ1) is 16.2. The van der Waals surface area contributed by atoms with Gasteiger partial charge in [-0.2, -0.15) is 0 Å². The van der Waals surface area contributed by atoms with E-state index in [4.69, 9.17) is 4.74 Å². The normalized spacial score (nSPS) is 10.0. The van der Waals surface area contributed by atoms with Crippen LogP contribution in [0.5, 0.6) is 5.75 Å². The van der Waals surface area contributed by atoms with Gasteiger partial charge in [-0.05, 0) is 25.1 Å². The zero-order valence-corrected chi connectivity index (χ0v) is 12.4. The van der Waals surface area contributed by atoms with Crippen LogP contribution < -0.4 is 4.74 Å². The molecule has 0 aromatic heterocycles. The van der Waals surface area contributed by atoms with Crippen LogP contribution in [0.3, 0.4) is 0 Å². The van der Waals surface area contributed by atoms with Crippen molar-refractivity contribution < 1.29 is 24.0 Å². The van der Waals surface area contributed by atoms with Crippen LogP contribution in [0.4, 0.5) is 5.69 Å². The van der Waals surface area contributed by atoms with E-state index in [9.17, 15) is 19.7 Å². The molecule has 0 heterocycles. The summed E-state index contributed by atoms with van der Waals surface area (Å²) in [5, 5.41) is 10.9. The molecule has 0 N–H and O–H groups in total. The van der Waals surface area contributed by atoms with E-state index in [2.05, 4.69) is 4.74 Å². The van der Waals surface area contributed by atoms with E-state index >= 15 is 0 Å². The van der Waals surface area contributed by atoms with Crippen LogP contribution in [0.25, 0.3) is 0 Å². The Morgan fingerprint density at radius 3 is 2.09 bits per heavy atom. The Bertz CT molecular complexity index is 767. The average Bonchev–Trinajstić information content (AvgIpc) is 2.55. The first-order chi connectivity index (χ1) is 10.9. The predicted octanol–water partition coefficient (Wildman–Crippen LogP) is 2.91. The number of nitro benzene ring substituents is 1. The Hall–Kier alpha value is -3.22. The molecule has 0 radical (unpaired) electrons. The monoisotopic (exact) mass is 315 g/mol.